The van der Waals surface area contributed by atoms with Gasteiger partial charge >= 0.3 is 0 Å². The Morgan fingerprint density at radius 1 is 1.17 bits per heavy atom. The molecule has 3 heterocycles. The molecule has 0 unspecified atom stereocenters. The van der Waals surface area contributed by atoms with Crippen molar-refractivity contribution in [2.75, 3.05) is 19.7 Å². The molecule has 2 aliphatic rings. The Hall–Kier alpha value is -0.580. The van der Waals surface area contributed by atoms with Gasteiger partial charge in [0, 0.05) is 34.6 Å². The van der Waals surface area contributed by atoms with E-state index in [4.69, 9.17) is 27.9 Å². The minimum Gasteiger partial charge on any atom is -0.369 e. The van der Waals surface area contributed by atoms with Gasteiger partial charge in [0.2, 0.25) is 0 Å². The molecule has 0 saturated carbocycles. The maximum Gasteiger partial charge on any atom is 0.105 e. The van der Waals surface area contributed by atoms with Gasteiger partial charge in [0.1, 0.15) is 5.60 Å². The van der Waals surface area contributed by atoms with Crippen LogP contribution in [0.15, 0.2) is 29.6 Å². The highest BCUT2D eigenvalue weighted by Crippen LogP contribution is 2.44. The Balaban J connectivity index is 1.46. The van der Waals surface area contributed by atoms with Crippen LogP contribution in [0.2, 0.25) is 10.0 Å². The molecule has 0 N–H and O–H groups in total. The van der Waals surface area contributed by atoms with Gasteiger partial charge in [-0.2, -0.15) is 0 Å². The van der Waals surface area contributed by atoms with Crippen LogP contribution in [0.3, 0.4) is 0 Å². The van der Waals surface area contributed by atoms with Crippen molar-refractivity contribution in [1.82, 2.24) is 4.90 Å². The number of hydrogen-bond acceptors (Lipinski definition) is 3. The normalized spacial score (nSPS) is 20.6. The van der Waals surface area contributed by atoms with Gasteiger partial charge in [-0.3, -0.25) is 4.90 Å². The summed E-state index contributed by atoms with van der Waals surface area (Å²) in [6, 6.07) is 8.04. The number of likely N-dealkylation sites (tertiary alicyclic amines) is 1. The minimum atomic E-state index is -0.0396. The van der Waals surface area contributed by atoms with E-state index in [2.05, 4.69) is 16.3 Å². The van der Waals surface area contributed by atoms with Crippen LogP contribution in [0.4, 0.5) is 0 Å². The number of rotatable bonds is 2. The molecule has 5 heteroatoms. The molecule has 1 spiro atoms. The van der Waals surface area contributed by atoms with E-state index in [1.807, 2.05) is 29.5 Å². The lowest BCUT2D eigenvalue weighted by Crippen LogP contribution is -2.45. The maximum atomic E-state index is 6.31. The van der Waals surface area contributed by atoms with Gasteiger partial charge < -0.3 is 4.74 Å². The van der Waals surface area contributed by atoms with Crippen molar-refractivity contribution in [3.63, 3.8) is 0 Å². The number of thiophene rings is 1. The summed E-state index contributed by atoms with van der Waals surface area (Å²) in [5, 5.41) is 3.66. The van der Waals surface area contributed by atoms with Gasteiger partial charge in [-0.1, -0.05) is 29.3 Å². The molecule has 4 rings (SSSR count). The molecule has 1 aromatic carbocycles. The van der Waals surface area contributed by atoms with E-state index in [0.717, 1.165) is 56.1 Å². The molecule has 23 heavy (non-hydrogen) atoms. The average molecular weight is 368 g/mol. The standard InChI is InChI=1S/C18H19Cl2NOS/c19-15-2-1-14(16(20)11-15)12-21-7-5-18(6-8-21)17-13(3-9-22-18)4-10-23-17/h1-2,4,10-11H,3,5-9,12H2. The van der Waals surface area contributed by atoms with E-state index in [0.29, 0.717) is 5.02 Å². The van der Waals surface area contributed by atoms with Gasteiger partial charge in [-0.05, 0) is 54.0 Å². The molecule has 0 aliphatic carbocycles. The Kier molecular flexibility index (Phi) is 4.41. The fourth-order valence-corrected chi connectivity index (χ4v) is 5.32. The summed E-state index contributed by atoms with van der Waals surface area (Å²) >= 11 is 14.2. The van der Waals surface area contributed by atoms with E-state index in [9.17, 15) is 0 Å². The van der Waals surface area contributed by atoms with E-state index in [-0.39, 0.29) is 5.60 Å². The highest BCUT2D eigenvalue weighted by atomic mass is 35.5. The zero-order valence-electron chi connectivity index (χ0n) is 12.9. The van der Waals surface area contributed by atoms with E-state index in [1.165, 1.54) is 10.4 Å². The Labute approximate surface area is 151 Å². The summed E-state index contributed by atoms with van der Waals surface area (Å²) in [6.07, 6.45) is 3.18. The molecule has 1 saturated heterocycles. The van der Waals surface area contributed by atoms with Crippen LogP contribution in [0.1, 0.15) is 28.8 Å². The summed E-state index contributed by atoms with van der Waals surface area (Å²) in [4.78, 5) is 3.93. The molecule has 122 valence electrons. The summed E-state index contributed by atoms with van der Waals surface area (Å²) in [7, 11) is 0. The van der Waals surface area contributed by atoms with Crippen molar-refractivity contribution in [3.05, 3.63) is 55.7 Å². The van der Waals surface area contributed by atoms with E-state index < -0.39 is 0 Å². The fraction of sp³-hybridized carbons (Fsp3) is 0.444. The van der Waals surface area contributed by atoms with Crippen molar-refractivity contribution in [3.8, 4) is 0 Å². The second-order valence-electron chi connectivity index (χ2n) is 6.38. The zero-order chi connectivity index (χ0) is 15.9. The van der Waals surface area contributed by atoms with Crippen LogP contribution >= 0.6 is 34.5 Å². The van der Waals surface area contributed by atoms with Crippen LogP contribution in [0, 0.1) is 0 Å². The van der Waals surface area contributed by atoms with Gasteiger partial charge in [0.15, 0.2) is 0 Å². The van der Waals surface area contributed by atoms with Crippen molar-refractivity contribution in [2.24, 2.45) is 0 Å². The SMILES string of the molecule is Clc1ccc(CN2CCC3(CC2)OCCc2ccsc23)c(Cl)c1. The third-order valence-corrected chi connectivity index (χ3v) is 6.71. The van der Waals surface area contributed by atoms with Gasteiger partial charge in [-0.25, -0.2) is 0 Å². The molecule has 1 fully saturated rings. The number of nitrogens with zero attached hydrogens (tertiary/aromatic N) is 1. The topological polar surface area (TPSA) is 12.5 Å². The largest absolute Gasteiger partial charge is 0.369 e. The number of ether oxygens (including phenoxy) is 1. The smallest absolute Gasteiger partial charge is 0.105 e. The molecular weight excluding hydrogens is 349 g/mol. The van der Waals surface area contributed by atoms with Crippen LogP contribution in [0.5, 0.6) is 0 Å². The Bertz CT molecular complexity index is 707. The summed E-state index contributed by atoms with van der Waals surface area (Å²) in [6.45, 7) is 3.81. The van der Waals surface area contributed by atoms with Crippen molar-refractivity contribution in [1.29, 1.82) is 0 Å². The third kappa shape index (κ3) is 3.06. The van der Waals surface area contributed by atoms with Gasteiger partial charge in [0.25, 0.3) is 0 Å². The molecule has 2 nitrogen and oxygen atoms in total. The highest BCUT2D eigenvalue weighted by molar-refractivity contribution is 7.10. The second kappa shape index (κ2) is 6.38. The monoisotopic (exact) mass is 367 g/mol. The lowest BCUT2D eigenvalue weighted by molar-refractivity contribution is -0.0960. The molecule has 1 aromatic heterocycles. The van der Waals surface area contributed by atoms with Gasteiger partial charge in [-0.15, -0.1) is 11.3 Å². The first-order valence-corrected chi connectivity index (χ1v) is 9.67. The van der Waals surface area contributed by atoms with E-state index in [1.54, 1.807) is 0 Å². The summed E-state index contributed by atoms with van der Waals surface area (Å²) < 4.78 is 6.27. The third-order valence-electron chi connectivity index (χ3n) is 4.98. The van der Waals surface area contributed by atoms with Gasteiger partial charge in [0.05, 0.1) is 6.61 Å². The first kappa shape index (κ1) is 15.9. The Morgan fingerprint density at radius 2 is 2.00 bits per heavy atom. The molecular formula is C18H19Cl2NOS. The fourth-order valence-electron chi connectivity index (χ4n) is 3.69. The quantitative estimate of drug-likeness (QED) is 0.730. The van der Waals surface area contributed by atoms with Crippen molar-refractivity contribution < 1.29 is 4.74 Å². The van der Waals surface area contributed by atoms with Crippen LogP contribution in [-0.2, 0) is 23.3 Å². The lowest BCUT2D eigenvalue weighted by atomic mass is 9.85. The predicted molar refractivity (Wildman–Crippen MR) is 96.6 cm³/mol. The molecule has 0 atom stereocenters. The average Bonchev–Trinajstić information content (AvgIpc) is 3.03. The number of halogens is 2. The summed E-state index contributed by atoms with van der Waals surface area (Å²) in [5.41, 5.74) is 2.60. The van der Waals surface area contributed by atoms with Crippen molar-refractivity contribution >= 4 is 34.5 Å². The lowest BCUT2D eigenvalue weighted by Gasteiger charge is -2.43. The number of piperidine rings is 1. The van der Waals surface area contributed by atoms with Crippen molar-refractivity contribution in [2.45, 2.75) is 31.4 Å². The highest BCUT2D eigenvalue weighted by Gasteiger charge is 2.41. The second-order valence-corrected chi connectivity index (χ2v) is 8.14. The Morgan fingerprint density at radius 3 is 2.78 bits per heavy atom. The molecule has 2 aliphatic heterocycles. The zero-order valence-corrected chi connectivity index (χ0v) is 15.2. The number of hydrogen-bond donors (Lipinski definition) is 0. The first-order chi connectivity index (χ1) is 11.2. The van der Waals surface area contributed by atoms with Crippen LogP contribution in [0.25, 0.3) is 0 Å². The maximum absolute atomic E-state index is 6.31. The first-order valence-electron chi connectivity index (χ1n) is 8.03. The number of benzene rings is 1. The molecule has 0 bridgehead atoms. The predicted octanol–water partition coefficient (Wildman–Crippen LogP) is 5.12. The molecule has 0 radical (unpaired) electrons. The molecule has 2 aromatic rings. The minimum absolute atomic E-state index is 0.0396. The summed E-state index contributed by atoms with van der Waals surface area (Å²) in [5.74, 6) is 0. The van der Waals surface area contributed by atoms with Crippen LogP contribution in [-0.4, -0.2) is 24.6 Å². The molecule has 0 amide bonds. The number of fused-ring (bicyclic) bond motifs is 2. The van der Waals surface area contributed by atoms with E-state index >= 15 is 0 Å². The van der Waals surface area contributed by atoms with Crippen LogP contribution < -0.4 is 0 Å².